The monoisotopic (exact) mass is 293 g/mol. The van der Waals surface area contributed by atoms with Crippen molar-refractivity contribution >= 4 is 11.6 Å². The van der Waals surface area contributed by atoms with Gasteiger partial charge in [-0.3, -0.25) is 4.79 Å². The molecule has 2 aromatic carbocycles. The number of phenols is 1. The van der Waals surface area contributed by atoms with E-state index in [1.807, 2.05) is 0 Å². The molecule has 1 amide bonds. The molecule has 0 heterocycles. The van der Waals surface area contributed by atoms with Crippen LogP contribution in [0, 0.1) is 6.92 Å². The van der Waals surface area contributed by atoms with Gasteiger partial charge in [0.2, 0.25) is 0 Å². The maximum atomic E-state index is 12.3. The lowest BCUT2D eigenvalue weighted by Crippen LogP contribution is -2.13. The molecule has 0 unspecified atom stereocenters. The van der Waals surface area contributed by atoms with Crippen molar-refractivity contribution in [2.45, 2.75) is 13.5 Å². The van der Waals surface area contributed by atoms with Crippen LogP contribution >= 0.6 is 0 Å². The Morgan fingerprint density at radius 1 is 1.24 bits per heavy atom. The predicted molar refractivity (Wildman–Crippen MR) is 73.9 cm³/mol. The smallest absolute Gasteiger partial charge is 0.387 e. The van der Waals surface area contributed by atoms with Gasteiger partial charge in [-0.1, -0.05) is 18.2 Å². The van der Waals surface area contributed by atoms with Gasteiger partial charge in [-0.15, -0.1) is 0 Å². The third-order valence-corrected chi connectivity index (χ3v) is 2.82. The third kappa shape index (κ3) is 3.68. The maximum absolute atomic E-state index is 12.3. The van der Waals surface area contributed by atoms with Gasteiger partial charge in [0, 0.05) is 5.56 Å². The van der Waals surface area contributed by atoms with Gasteiger partial charge >= 0.3 is 6.61 Å². The quantitative estimate of drug-likeness (QED) is 0.906. The number of carbonyl (C=O) groups is 1. The molecule has 21 heavy (non-hydrogen) atoms. The molecule has 0 aromatic heterocycles. The molecule has 0 atom stereocenters. The van der Waals surface area contributed by atoms with Crippen molar-refractivity contribution in [1.82, 2.24) is 0 Å². The molecule has 2 aromatic rings. The number of hydrogen-bond donors (Lipinski definition) is 2. The van der Waals surface area contributed by atoms with Crippen LogP contribution in [0.1, 0.15) is 15.9 Å². The van der Waals surface area contributed by atoms with E-state index in [-0.39, 0.29) is 22.7 Å². The summed E-state index contributed by atoms with van der Waals surface area (Å²) in [6.07, 6.45) is 0. The van der Waals surface area contributed by atoms with Crippen molar-refractivity contribution in [2.75, 3.05) is 5.32 Å². The van der Waals surface area contributed by atoms with E-state index in [0.717, 1.165) is 0 Å². The number of rotatable bonds is 4. The fourth-order valence-electron chi connectivity index (χ4n) is 1.71. The molecule has 0 radical (unpaired) electrons. The number of nitrogens with one attached hydrogen (secondary N) is 1. The normalized spacial score (nSPS) is 10.5. The van der Waals surface area contributed by atoms with Gasteiger partial charge in [-0.2, -0.15) is 8.78 Å². The summed E-state index contributed by atoms with van der Waals surface area (Å²) < 4.78 is 28.9. The van der Waals surface area contributed by atoms with Gasteiger partial charge in [0.05, 0.1) is 5.69 Å². The van der Waals surface area contributed by atoms with E-state index in [0.29, 0.717) is 5.56 Å². The molecular formula is C15H13F2NO3. The number of carbonyl (C=O) groups excluding carboxylic acids is 1. The number of hydrogen-bond acceptors (Lipinski definition) is 3. The van der Waals surface area contributed by atoms with Gasteiger partial charge in [-0.05, 0) is 36.8 Å². The van der Waals surface area contributed by atoms with Crippen LogP contribution in [0.2, 0.25) is 0 Å². The second kappa shape index (κ2) is 6.21. The van der Waals surface area contributed by atoms with E-state index >= 15 is 0 Å². The first kappa shape index (κ1) is 14.8. The van der Waals surface area contributed by atoms with E-state index in [1.54, 1.807) is 19.1 Å². The van der Waals surface area contributed by atoms with Crippen LogP contribution in [-0.4, -0.2) is 17.6 Å². The van der Waals surface area contributed by atoms with Crippen molar-refractivity contribution in [1.29, 1.82) is 0 Å². The molecule has 0 aliphatic heterocycles. The Morgan fingerprint density at radius 3 is 2.62 bits per heavy atom. The molecule has 0 aliphatic rings. The number of para-hydroxylation sites is 2. The molecular weight excluding hydrogens is 280 g/mol. The second-order valence-corrected chi connectivity index (χ2v) is 4.33. The number of ether oxygens (including phenoxy) is 1. The summed E-state index contributed by atoms with van der Waals surface area (Å²) in [5, 5.41) is 12.1. The van der Waals surface area contributed by atoms with E-state index in [4.69, 9.17) is 0 Å². The zero-order chi connectivity index (χ0) is 15.4. The predicted octanol–water partition coefficient (Wildman–Crippen LogP) is 3.55. The van der Waals surface area contributed by atoms with E-state index in [2.05, 4.69) is 10.1 Å². The first-order valence-corrected chi connectivity index (χ1v) is 6.12. The molecule has 110 valence electrons. The highest BCUT2D eigenvalue weighted by Crippen LogP contribution is 2.26. The van der Waals surface area contributed by atoms with Gasteiger partial charge in [-0.25, -0.2) is 0 Å². The first-order chi connectivity index (χ1) is 9.97. The van der Waals surface area contributed by atoms with Crippen molar-refractivity contribution in [3.63, 3.8) is 0 Å². The minimum absolute atomic E-state index is 0.0141. The summed E-state index contributed by atoms with van der Waals surface area (Å²) in [5.41, 5.74) is 0.973. The van der Waals surface area contributed by atoms with E-state index < -0.39 is 12.5 Å². The average molecular weight is 293 g/mol. The van der Waals surface area contributed by atoms with Crippen LogP contribution in [-0.2, 0) is 0 Å². The summed E-state index contributed by atoms with van der Waals surface area (Å²) in [7, 11) is 0. The number of benzene rings is 2. The number of anilines is 1. The second-order valence-electron chi connectivity index (χ2n) is 4.33. The molecule has 0 aliphatic carbocycles. The number of alkyl halides is 2. The Morgan fingerprint density at radius 2 is 1.95 bits per heavy atom. The summed E-state index contributed by atoms with van der Waals surface area (Å²) in [5.74, 6) is -0.674. The SMILES string of the molecule is Cc1ccc(C(=O)Nc2ccccc2OC(F)F)cc1O. The topological polar surface area (TPSA) is 58.6 Å². The van der Waals surface area contributed by atoms with Gasteiger partial charge in [0.25, 0.3) is 5.91 Å². The number of aryl methyl sites for hydroxylation is 1. The zero-order valence-electron chi connectivity index (χ0n) is 11.1. The molecule has 0 fully saturated rings. The van der Waals surface area contributed by atoms with Crippen molar-refractivity contribution in [3.05, 3.63) is 53.6 Å². The van der Waals surface area contributed by atoms with Crippen molar-refractivity contribution < 1.29 is 23.4 Å². The van der Waals surface area contributed by atoms with E-state index in [9.17, 15) is 18.7 Å². The standard InChI is InChI=1S/C15H13F2NO3/c1-9-6-7-10(8-12(9)19)14(20)18-11-4-2-3-5-13(11)21-15(16)17/h2-8,15,19H,1H3,(H,18,20). The van der Waals surface area contributed by atoms with Crippen LogP contribution in [0.3, 0.4) is 0 Å². The van der Waals surface area contributed by atoms with Gasteiger partial charge in [0.1, 0.15) is 11.5 Å². The molecule has 2 rings (SSSR count). The molecule has 0 spiro atoms. The van der Waals surface area contributed by atoms with Gasteiger partial charge < -0.3 is 15.2 Å². The minimum atomic E-state index is -2.98. The lowest BCUT2D eigenvalue weighted by molar-refractivity contribution is -0.0493. The average Bonchev–Trinajstić information content (AvgIpc) is 2.43. The first-order valence-electron chi connectivity index (χ1n) is 6.12. The summed E-state index contributed by atoms with van der Waals surface area (Å²) in [6.45, 7) is -1.28. The third-order valence-electron chi connectivity index (χ3n) is 2.82. The fourth-order valence-corrected chi connectivity index (χ4v) is 1.71. The van der Waals surface area contributed by atoms with E-state index in [1.165, 1.54) is 30.3 Å². The highest BCUT2D eigenvalue weighted by atomic mass is 19.3. The van der Waals surface area contributed by atoms with Crippen molar-refractivity contribution in [2.24, 2.45) is 0 Å². The van der Waals surface area contributed by atoms with Crippen LogP contribution in [0.15, 0.2) is 42.5 Å². The summed E-state index contributed by atoms with van der Waals surface area (Å²) in [6, 6.07) is 10.3. The maximum Gasteiger partial charge on any atom is 0.387 e. The number of amides is 1. The molecule has 0 saturated heterocycles. The summed E-state index contributed by atoms with van der Waals surface area (Å²) in [4.78, 5) is 12.1. The van der Waals surface area contributed by atoms with Crippen LogP contribution in [0.5, 0.6) is 11.5 Å². The number of aromatic hydroxyl groups is 1. The Hall–Kier alpha value is -2.63. The number of phenolic OH excluding ortho intramolecular Hbond substituents is 1. The lowest BCUT2D eigenvalue weighted by atomic mass is 10.1. The highest BCUT2D eigenvalue weighted by Gasteiger charge is 2.13. The molecule has 0 saturated carbocycles. The van der Waals surface area contributed by atoms with Crippen LogP contribution in [0.4, 0.5) is 14.5 Å². The van der Waals surface area contributed by atoms with Crippen LogP contribution < -0.4 is 10.1 Å². The highest BCUT2D eigenvalue weighted by molar-refractivity contribution is 6.05. The number of halogens is 2. The lowest BCUT2D eigenvalue weighted by Gasteiger charge is -2.12. The Bertz CT molecular complexity index is 659. The molecule has 0 bridgehead atoms. The Labute approximate surface area is 120 Å². The minimum Gasteiger partial charge on any atom is -0.508 e. The largest absolute Gasteiger partial charge is 0.508 e. The zero-order valence-corrected chi connectivity index (χ0v) is 11.1. The molecule has 2 N–H and O–H groups in total. The summed E-state index contributed by atoms with van der Waals surface area (Å²) >= 11 is 0. The van der Waals surface area contributed by atoms with Crippen LogP contribution in [0.25, 0.3) is 0 Å². The fraction of sp³-hybridized carbons (Fsp3) is 0.133. The molecule has 6 heteroatoms. The Balaban J connectivity index is 2.21. The Kier molecular flexibility index (Phi) is 4.37. The molecule has 4 nitrogen and oxygen atoms in total. The van der Waals surface area contributed by atoms with Gasteiger partial charge in [0.15, 0.2) is 0 Å². The van der Waals surface area contributed by atoms with Crippen molar-refractivity contribution in [3.8, 4) is 11.5 Å².